The highest BCUT2D eigenvalue weighted by Gasteiger charge is 2.58. The van der Waals surface area contributed by atoms with Crippen LogP contribution in [0, 0.1) is 23.7 Å². The molecule has 3 aliphatic rings. The quantitative estimate of drug-likeness (QED) is 0.185. The second kappa shape index (κ2) is 9.55. The third-order valence-electron chi connectivity index (χ3n) is 5.99. The number of carbonyl (C=O) groups excluding carboxylic acids is 2. The summed E-state index contributed by atoms with van der Waals surface area (Å²) in [5, 5.41) is 9.72. The van der Waals surface area contributed by atoms with Crippen molar-refractivity contribution in [1.29, 1.82) is 0 Å². The van der Waals surface area contributed by atoms with Gasteiger partial charge in [-0.05, 0) is 24.7 Å². The second-order valence-corrected chi connectivity index (χ2v) is 8.53. The molecule has 2 N–H and O–H groups in total. The van der Waals surface area contributed by atoms with E-state index in [9.17, 15) is 9.59 Å². The van der Waals surface area contributed by atoms with Crippen molar-refractivity contribution < 1.29 is 9.59 Å². The highest BCUT2D eigenvalue weighted by molar-refractivity contribution is 14.0. The zero-order valence-corrected chi connectivity index (χ0v) is 19.9. The smallest absolute Gasteiger partial charge is 0.233 e. The molecule has 2 bridgehead atoms. The predicted molar refractivity (Wildman–Crippen MR) is 124 cm³/mol. The molecule has 2 heterocycles. The highest BCUT2D eigenvalue weighted by Crippen LogP contribution is 2.52. The number of thiazole rings is 1. The Bertz CT molecular complexity index is 794. The van der Waals surface area contributed by atoms with Gasteiger partial charge in [0.05, 0.1) is 22.5 Å². The lowest BCUT2D eigenvalue weighted by atomic mass is 9.85. The number of nitrogens with one attached hydrogen (secondary N) is 2. The summed E-state index contributed by atoms with van der Waals surface area (Å²) in [5.41, 5.74) is 1.09. The number of hydrogen-bond donors (Lipinski definition) is 2. The molecular weight excluding hydrogens is 501 g/mol. The van der Waals surface area contributed by atoms with Gasteiger partial charge < -0.3 is 10.6 Å². The van der Waals surface area contributed by atoms with E-state index in [0.717, 1.165) is 36.5 Å². The normalized spacial score (nSPS) is 27.4. The number of hydrogen-bond acceptors (Lipinski definition) is 5. The van der Waals surface area contributed by atoms with E-state index in [1.165, 1.54) is 4.90 Å². The zero-order chi connectivity index (χ0) is 19.7. The lowest BCUT2D eigenvalue weighted by Gasteiger charge is -2.18. The molecule has 2 amide bonds. The number of aromatic nitrogens is 1. The van der Waals surface area contributed by atoms with Crippen molar-refractivity contribution >= 4 is 53.1 Å². The number of guanidine groups is 1. The van der Waals surface area contributed by atoms with Crippen molar-refractivity contribution in [2.24, 2.45) is 28.7 Å². The predicted octanol–water partition coefficient (Wildman–Crippen LogP) is 1.84. The Morgan fingerprint density at radius 1 is 1.21 bits per heavy atom. The molecule has 0 spiro atoms. The van der Waals surface area contributed by atoms with Gasteiger partial charge in [0, 0.05) is 38.5 Å². The van der Waals surface area contributed by atoms with E-state index in [4.69, 9.17) is 0 Å². The van der Waals surface area contributed by atoms with Crippen molar-refractivity contribution in [3.05, 3.63) is 28.2 Å². The largest absolute Gasteiger partial charge is 0.356 e. The van der Waals surface area contributed by atoms with Crippen LogP contribution in [0.2, 0.25) is 0 Å². The van der Waals surface area contributed by atoms with Gasteiger partial charge in [-0.25, -0.2) is 4.98 Å². The van der Waals surface area contributed by atoms with Crippen molar-refractivity contribution in [2.75, 3.05) is 26.7 Å². The number of amides is 2. The topological polar surface area (TPSA) is 86.7 Å². The summed E-state index contributed by atoms with van der Waals surface area (Å²) in [6.45, 7) is 3.72. The molecule has 1 aromatic rings. The van der Waals surface area contributed by atoms with Crippen LogP contribution in [0.1, 0.15) is 24.0 Å². The first-order chi connectivity index (χ1) is 13.6. The fourth-order valence-corrected chi connectivity index (χ4v) is 5.41. The minimum Gasteiger partial charge on any atom is -0.356 e. The standard InChI is InChI=1S/C20H27N5O2S.HI/c1-3-15-24-14(11-28-15)6-7-22-20(21-2)23-8-9-25-18(26)16-12-4-5-13(10-12)17(16)19(25)27;/h4-5,11-13,16-17H,3,6-10H2,1-2H3,(H2,21,22,23);1H. The average Bonchev–Trinajstić information content (AvgIpc) is 3.47. The van der Waals surface area contributed by atoms with Crippen LogP contribution >= 0.6 is 35.3 Å². The van der Waals surface area contributed by atoms with Gasteiger partial charge in [0.15, 0.2) is 5.96 Å². The Kier molecular flexibility index (Phi) is 7.31. The van der Waals surface area contributed by atoms with Crippen LogP contribution in [0.25, 0.3) is 0 Å². The Hall–Kier alpha value is -1.49. The molecule has 0 aromatic carbocycles. The van der Waals surface area contributed by atoms with Gasteiger partial charge in [-0.1, -0.05) is 19.1 Å². The van der Waals surface area contributed by atoms with Gasteiger partial charge in [-0.3, -0.25) is 19.5 Å². The van der Waals surface area contributed by atoms with Gasteiger partial charge >= 0.3 is 0 Å². The number of likely N-dealkylation sites (tertiary alicyclic amines) is 1. The van der Waals surface area contributed by atoms with Crippen LogP contribution < -0.4 is 10.6 Å². The van der Waals surface area contributed by atoms with Crippen LogP contribution in [0.3, 0.4) is 0 Å². The Balaban J connectivity index is 0.00000240. The summed E-state index contributed by atoms with van der Waals surface area (Å²) < 4.78 is 0. The van der Waals surface area contributed by atoms with E-state index in [2.05, 4.69) is 45.1 Å². The van der Waals surface area contributed by atoms with E-state index in [0.29, 0.717) is 19.0 Å². The second-order valence-electron chi connectivity index (χ2n) is 7.59. The van der Waals surface area contributed by atoms with Crippen LogP contribution in [-0.4, -0.2) is 54.3 Å². The van der Waals surface area contributed by atoms with Crippen molar-refractivity contribution in [2.45, 2.75) is 26.2 Å². The summed E-state index contributed by atoms with van der Waals surface area (Å²) >= 11 is 1.70. The van der Waals surface area contributed by atoms with E-state index < -0.39 is 0 Å². The Morgan fingerprint density at radius 2 is 1.86 bits per heavy atom. The third-order valence-corrected chi connectivity index (χ3v) is 7.03. The van der Waals surface area contributed by atoms with Crippen molar-refractivity contribution in [1.82, 2.24) is 20.5 Å². The van der Waals surface area contributed by atoms with Gasteiger partial charge in [-0.2, -0.15) is 0 Å². The monoisotopic (exact) mass is 529 g/mol. The summed E-state index contributed by atoms with van der Waals surface area (Å²) in [6, 6.07) is 0. The number of rotatable bonds is 7. The lowest BCUT2D eigenvalue weighted by molar-refractivity contribution is -0.140. The third kappa shape index (κ3) is 4.35. The van der Waals surface area contributed by atoms with Crippen molar-refractivity contribution in [3.8, 4) is 0 Å². The summed E-state index contributed by atoms with van der Waals surface area (Å²) in [4.78, 5) is 35.6. The van der Waals surface area contributed by atoms with E-state index in [-0.39, 0.29) is 59.5 Å². The molecule has 1 saturated heterocycles. The van der Waals surface area contributed by atoms with Gasteiger partial charge in [0.1, 0.15) is 0 Å². The number of fused-ring (bicyclic) bond motifs is 5. The first-order valence-electron chi connectivity index (χ1n) is 10.0. The minimum absolute atomic E-state index is 0. The molecule has 1 saturated carbocycles. The average molecular weight is 529 g/mol. The van der Waals surface area contributed by atoms with Gasteiger partial charge in [-0.15, -0.1) is 35.3 Å². The minimum atomic E-state index is -0.119. The summed E-state index contributed by atoms with van der Waals surface area (Å²) in [5.74, 6) is 0.971. The summed E-state index contributed by atoms with van der Waals surface area (Å²) in [6.07, 6.45) is 7.01. The SMILES string of the molecule is CCc1nc(CCNC(=NC)NCCN2C(=O)C3C4C=CC(C4)C3C2=O)cs1.I. The molecule has 2 aliphatic carbocycles. The molecular formula is C20H28IN5O2S. The molecule has 4 rings (SSSR count). The summed E-state index contributed by atoms with van der Waals surface area (Å²) in [7, 11) is 1.72. The maximum atomic E-state index is 12.7. The fourth-order valence-electron chi connectivity index (χ4n) is 4.63. The molecule has 158 valence electrons. The van der Waals surface area contributed by atoms with E-state index in [1.807, 2.05) is 0 Å². The van der Waals surface area contributed by atoms with Crippen LogP contribution in [0.5, 0.6) is 0 Å². The molecule has 0 radical (unpaired) electrons. The van der Waals surface area contributed by atoms with Gasteiger partial charge in [0.25, 0.3) is 0 Å². The Labute approximate surface area is 192 Å². The molecule has 1 aliphatic heterocycles. The number of aryl methyl sites for hydroxylation is 1. The molecule has 29 heavy (non-hydrogen) atoms. The number of halogens is 1. The lowest BCUT2D eigenvalue weighted by Crippen LogP contribution is -2.44. The molecule has 2 fully saturated rings. The molecule has 9 heteroatoms. The van der Waals surface area contributed by atoms with E-state index in [1.54, 1.807) is 18.4 Å². The number of allylic oxidation sites excluding steroid dienone is 2. The van der Waals surface area contributed by atoms with Crippen LogP contribution in [0.4, 0.5) is 0 Å². The molecule has 4 unspecified atom stereocenters. The molecule has 4 atom stereocenters. The van der Waals surface area contributed by atoms with Crippen LogP contribution in [0.15, 0.2) is 22.5 Å². The van der Waals surface area contributed by atoms with Crippen molar-refractivity contribution in [3.63, 3.8) is 0 Å². The number of carbonyl (C=O) groups is 2. The maximum Gasteiger partial charge on any atom is 0.233 e. The van der Waals surface area contributed by atoms with E-state index >= 15 is 0 Å². The maximum absolute atomic E-state index is 12.7. The number of aliphatic imine (C=N–C) groups is 1. The Morgan fingerprint density at radius 3 is 2.45 bits per heavy atom. The first kappa shape index (κ1) is 22.2. The van der Waals surface area contributed by atoms with Crippen LogP contribution in [-0.2, 0) is 22.4 Å². The molecule has 7 nitrogen and oxygen atoms in total. The van der Waals surface area contributed by atoms with Gasteiger partial charge in [0.2, 0.25) is 11.8 Å². The first-order valence-corrected chi connectivity index (χ1v) is 10.9. The zero-order valence-electron chi connectivity index (χ0n) is 16.8. The fraction of sp³-hybridized carbons (Fsp3) is 0.600. The number of nitrogens with zero attached hydrogens (tertiary/aromatic N) is 3. The number of imide groups is 1. The molecule has 1 aromatic heterocycles. The highest BCUT2D eigenvalue weighted by atomic mass is 127.